The number of hydrogen-bond donors (Lipinski definition) is 1. The van der Waals surface area contributed by atoms with Gasteiger partial charge < -0.3 is 10.5 Å². The Morgan fingerprint density at radius 1 is 1.22 bits per heavy atom. The molecule has 0 aliphatic carbocycles. The maximum Gasteiger partial charge on any atom is 0.330 e. The van der Waals surface area contributed by atoms with Gasteiger partial charge in [0.05, 0.1) is 7.11 Å². The molecule has 1 atom stereocenters. The summed E-state index contributed by atoms with van der Waals surface area (Å²) in [7, 11) is 1.36. The minimum absolute atomic E-state index is 0.0225. The van der Waals surface area contributed by atoms with Gasteiger partial charge in [0.25, 0.3) is 0 Å². The van der Waals surface area contributed by atoms with Crippen LogP contribution in [0.15, 0.2) is 18.2 Å². The van der Waals surface area contributed by atoms with Crippen molar-refractivity contribution >= 4 is 5.97 Å². The molecule has 1 rings (SSSR count). The zero-order valence-electron chi connectivity index (χ0n) is 12.1. The highest BCUT2D eigenvalue weighted by atomic mass is 16.5. The Bertz CT molecular complexity index is 456. The number of esters is 1. The summed E-state index contributed by atoms with van der Waals surface area (Å²) in [4.78, 5) is 11.8. The van der Waals surface area contributed by atoms with Crippen LogP contribution in [0.3, 0.4) is 0 Å². The fourth-order valence-corrected chi connectivity index (χ4v) is 1.97. The molecule has 0 fully saturated rings. The minimum Gasteiger partial charge on any atom is -0.467 e. The highest BCUT2D eigenvalue weighted by molar-refractivity contribution is 5.82. The molecular weight excluding hydrogens is 226 g/mol. The molecule has 100 valence electrons. The van der Waals surface area contributed by atoms with E-state index in [4.69, 9.17) is 10.5 Å². The highest BCUT2D eigenvalue weighted by Crippen LogP contribution is 2.29. The van der Waals surface area contributed by atoms with Gasteiger partial charge in [-0.25, -0.2) is 4.79 Å². The topological polar surface area (TPSA) is 52.3 Å². The van der Waals surface area contributed by atoms with Crippen LogP contribution >= 0.6 is 0 Å². The van der Waals surface area contributed by atoms with Crippen molar-refractivity contribution in [1.82, 2.24) is 0 Å². The molecule has 0 saturated carbocycles. The van der Waals surface area contributed by atoms with Crippen molar-refractivity contribution in [3.8, 4) is 0 Å². The number of methoxy groups -OCH3 is 1. The summed E-state index contributed by atoms with van der Waals surface area (Å²) < 4.78 is 4.79. The van der Waals surface area contributed by atoms with Crippen LogP contribution in [-0.2, 0) is 20.5 Å². The number of carbonyl (C=O) groups is 1. The number of hydrogen-bond acceptors (Lipinski definition) is 3. The van der Waals surface area contributed by atoms with Crippen molar-refractivity contribution in [1.29, 1.82) is 0 Å². The molecule has 0 aliphatic heterocycles. The van der Waals surface area contributed by atoms with Crippen LogP contribution in [0.2, 0.25) is 0 Å². The maximum atomic E-state index is 11.8. The lowest BCUT2D eigenvalue weighted by Gasteiger charge is -2.27. The molecule has 2 N–H and O–H groups in total. The number of nitrogens with two attached hydrogens (primary N) is 1. The van der Waals surface area contributed by atoms with Gasteiger partial charge >= 0.3 is 5.97 Å². The minimum atomic E-state index is -1.11. The van der Waals surface area contributed by atoms with Gasteiger partial charge in [-0.3, -0.25) is 0 Å². The van der Waals surface area contributed by atoms with E-state index in [1.807, 2.05) is 19.1 Å². The van der Waals surface area contributed by atoms with Gasteiger partial charge in [0.1, 0.15) is 5.54 Å². The first-order valence-corrected chi connectivity index (χ1v) is 6.09. The molecule has 0 bridgehead atoms. The number of ether oxygens (including phenoxy) is 1. The zero-order chi connectivity index (χ0) is 14.1. The van der Waals surface area contributed by atoms with Crippen LogP contribution in [0.5, 0.6) is 0 Å². The van der Waals surface area contributed by atoms with E-state index in [0.29, 0.717) is 0 Å². The van der Waals surface area contributed by atoms with Crippen LogP contribution in [0.1, 0.15) is 44.4 Å². The lowest BCUT2D eigenvalue weighted by atomic mass is 9.81. The summed E-state index contributed by atoms with van der Waals surface area (Å²) >= 11 is 0. The molecule has 0 radical (unpaired) electrons. The van der Waals surface area contributed by atoms with E-state index < -0.39 is 11.5 Å². The molecule has 1 aromatic rings. The zero-order valence-corrected chi connectivity index (χ0v) is 12.1. The lowest BCUT2D eigenvalue weighted by molar-refractivity contribution is -0.146. The molecule has 0 aliphatic rings. The first-order valence-electron chi connectivity index (χ1n) is 6.09. The van der Waals surface area contributed by atoms with Gasteiger partial charge in [-0.15, -0.1) is 0 Å². The van der Waals surface area contributed by atoms with Crippen LogP contribution in [0.25, 0.3) is 0 Å². The molecule has 0 amide bonds. The average molecular weight is 249 g/mol. The monoisotopic (exact) mass is 249 g/mol. The molecule has 1 unspecified atom stereocenters. The Kier molecular flexibility index (Phi) is 3.86. The quantitative estimate of drug-likeness (QED) is 0.820. The largest absolute Gasteiger partial charge is 0.467 e. The molecular formula is C15H23NO2. The van der Waals surface area contributed by atoms with Crippen LogP contribution < -0.4 is 5.73 Å². The van der Waals surface area contributed by atoms with Gasteiger partial charge in [0.2, 0.25) is 0 Å². The second-order valence-corrected chi connectivity index (χ2v) is 5.97. The van der Waals surface area contributed by atoms with Gasteiger partial charge in [-0.05, 0) is 36.0 Å². The van der Waals surface area contributed by atoms with E-state index in [-0.39, 0.29) is 5.41 Å². The third-order valence-electron chi connectivity index (χ3n) is 3.27. The van der Waals surface area contributed by atoms with Crippen molar-refractivity contribution in [2.24, 2.45) is 5.73 Å². The SMILES string of the molecule is COC(=O)C(C)(N)c1cc(C(C)(C)C)ccc1C. The van der Waals surface area contributed by atoms with Crippen LogP contribution in [-0.4, -0.2) is 13.1 Å². The second kappa shape index (κ2) is 4.73. The Morgan fingerprint density at radius 2 is 1.78 bits per heavy atom. The lowest BCUT2D eigenvalue weighted by Crippen LogP contribution is -2.43. The van der Waals surface area contributed by atoms with Crippen molar-refractivity contribution in [2.45, 2.75) is 45.6 Å². The summed E-state index contributed by atoms with van der Waals surface area (Å²) in [5.41, 5.74) is 8.02. The third kappa shape index (κ3) is 2.72. The number of aryl methyl sites for hydroxylation is 1. The summed E-state index contributed by atoms with van der Waals surface area (Å²) in [6.45, 7) is 10.0. The van der Waals surface area contributed by atoms with Crippen molar-refractivity contribution < 1.29 is 9.53 Å². The smallest absolute Gasteiger partial charge is 0.330 e. The molecule has 3 nitrogen and oxygen atoms in total. The van der Waals surface area contributed by atoms with Crippen molar-refractivity contribution in [3.05, 3.63) is 34.9 Å². The van der Waals surface area contributed by atoms with Gasteiger partial charge in [0.15, 0.2) is 0 Å². The van der Waals surface area contributed by atoms with E-state index in [1.54, 1.807) is 6.92 Å². The second-order valence-electron chi connectivity index (χ2n) is 5.97. The molecule has 3 heteroatoms. The number of benzene rings is 1. The Balaban J connectivity index is 3.36. The molecule has 0 aromatic heterocycles. The van der Waals surface area contributed by atoms with Gasteiger partial charge in [0, 0.05) is 0 Å². The van der Waals surface area contributed by atoms with Crippen LogP contribution in [0, 0.1) is 6.92 Å². The van der Waals surface area contributed by atoms with E-state index in [1.165, 1.54) is 7.11 Å². The number of rotatable bonds is 2. The van der Waals surface area contributed by atoms with Crippen LogP contribution in [0.4, 0.5) is 0 Å². The Morgan fingerprint density at radius 3 is 2.22 bits per heavy atom. The Hall–Kier alpha value is -1.35. The van der Waals surface area contributed by atoms with Crippen molar-refractivity contribution in [3.63, 3.8) is 0 Å². The van der Waals surface area contributed by atoms with Gasteiger partial charge in [-0.2, -0.15) is 0 Å². The predicted molar refractivity (Wildman–Crippen MR) is 73.4 cm³/mol. The summed E-state index contributed by atoms with van der Waals surface area (Å²) in [6, 6.07) is 6.09. The number of carbonyl (C=O) groups excluding carboxylic acids is 1. The summed E-state index contributed by atoms with van der Waals surface area (Å²) in [5, 5.41) is 0. The van der Waals surface area contributed by atoms with E-state index in [9.17, 15) is 4.79 Å². The first-order chi connectivity index (χ1) is 8.10. The Labute approximate surface area is 109 Å². The molecule has 1 aromatic carbocycles. The van der Waals surface area contributed by atoms with Crippen molar-refractivity contribution in [2.75, 3.05) is 7.11 Å². The maximum absolute atomic E-state index is 11.8. The van der Waals surface area contributed by atoms with Gasteiger partial charge in [-0.1, -0.05) is 39.0 Å². The average Bonchev–Trinajstić information content (AvgIpc) is 2.26. The third-order valence-corrected chi connectivity index (χ3v) is 3.27. The highest BCUT2D eigenvalue weighted by Gasteiger charge is 2.33. The van der Waals surface area contributed by atoms with E-state index in [0.717, 1.165) is 16.7 Å². The van der Waals surface area contributed by atoms with E-state index >= 15 is 0 Å². The molecule has 0 heterocycles. The molecule has 18 heavy (non-hydrogen) atoms. The summed E-state index contributed by atoms with van der Waals surface area (Å²) in [5.74, 6) is -0.420. The van der Waals surface area contributed by atoms with E-state index in [2.05, 4.69) is 26.8 Å². The fraction of sp³-hybridized carbons (Fsp3) is 0.533. The first kappa shape index (κ1) is 14.7. The normalized spacial score (nSPS) is 15.1. The fourth-order valence-electron chi connectivity index (χ4n) is 1.97. The summed E-state index contributed by atoms with van der Waals surface area (Å²) in [6.07, 6.45) is 0. The standard InChI is InChI=1S/C15H23NO2/c1-10-7-8-11(14(2,3)4)9-12(10)15(5,16)13(17)18-6/h7-9H,16H2,1-6H3. The molecule has 0 spiro atoms. The molecule has 0 saturated heterocycles. The predicted octanol–water partition coefficient (Wildman–Crippen LogP) is 2.64.